The minimum atomic E-state index is 0.191. The van der Waals surface area contributed by atoms with Crippen LogP contribution in [-0.2, 0) is 11.3 Å². The monoisotopic (exact) mass is 363 g/mol. The predicted molar refractivity (Wildman–Crippen MR) is 103 cm³/mol. The SMILES string of the molecule is CCNC(=NCc1cc(C(C)C)no1)NCCNC(=O)C1CCCCC1. The lowest BCUT2D eigenvalue weighted by Gasteiger charge is -2.20. The van der Waals surface area contributed by atoms with Gasteiger partial charge in [-0.2, -0.15) is 0 Å². The van der Waals surface area contributed by atoms with Crippen LogP contribution in [0.2, 0.25) is 0 Å². The largest absolute Gasteiger partial charge is 0.359 e. The maximum Gasteiger partial charge on any atom is 0.223 e. The molecule has 1 fully saturated rings. The highest BCUT2D eigenvalue weighted by Crippen LogP contribution is 2.23. The second-order valence-corrected chi connectivity index (χ2v) is 7.12. The minimum Gasteiger partial charge on any atom is -0.359 e. The van der Waals surface area contributed by atoms with Crippen molar-refractivity contribution in [3.8, 4) is 0 Å². The number of rotatable bonds is 8. The van der Waals surface area contributed by atoms with Crippen LogP contribution in [0.3, 0.4) is 0 Å². The highest BCUT2D eigenvalue weighted by atomic mass is 16.5. The van der Waals surface area contributed by atoms with Crippen molar-refractivity contribution < 1.29 is 9.32 Å². The lowest BCUT2D eigenvalue weighted by Crippen LogP contribution is -2.42. The number of carbonyl (C=O) groups excluding carboxylic acids is 1. The first-order chi connectivity index (χ1) is 12.6. The maximum absolute atomic E-state index is 12.1. The molecule has 2 rings (SSSR count). The van der Waals surface area contributed by atoms with Crippen molar-refractivity contribution in [3.05, 3.63) is 17.5 Å². The molecule has 1 heterocycles. The van der Waals surface area contributed by atoms with Crippen molar-refractivity contribution in [2.45, 2.75) is 65.3 Å². The van der Waals surface area contributed by atoms with Crippen LogP contribution in [0.4, 0.5) is 0 Å². The van der Waals surface area contributed by atoms with Crippen LogP contribution in [0.25, 0.3) is 0 Å². The van der Waals surface area contributed by atoms with Gasteiger partial charge in [0.2, 0.25) is 5.91 Å². The van der Waals surface area contributed by atoms with Crippen LogP contribution >= 0.6 is 0 Å². The number of carbonyl (C=O) groups is 1. The van der Waals surface area contributed by atoms with Crippen molar-refractivity contribution in [1.82, 2.24) is 21.1 Å². The van der Waals surface area contributed by atoms with E-state index in [0.717, 1.165) is 30.8 Å². The van der Waals surface area contributed by atoms with Crippen molar-refractivity contribution in [3.63, 3.8) is 0 Å². The number of amides is 1. The van der Waals surface area contributed by atoms with E-state index >= 15 is 0 Å². The van der Waals surface area contributed by atoms with Gasteiger partial charge < -0.3 is 20.5 Å². The molecule has 0 bridgehead atoms. The van der Waals surface area contributed by atoms with E-state index in [1.54, 1.807) is 0 Å². The molecule has 0 atom stereocenters. The summed E-state index contributed by atoms with van der Waals surface area (Å²) in [6.07, 6.45) is 5.66. The number of nitrogens with zero attached hydrogens (tertiary/aromatic N) is 2. The van der Waals surface area contributed by atoms with E-state index in [1.807, 2.05) is 13.0 Å². The molecule has 0 saturated heterocycles. The average molecular weight is 364 g/mol. The fourth-order valence-electron chi connectivity index (χ4n) is 3.05. The van der Waals surface area contributed by atoms with Crippen LogP contribution in [0.1, 0.15) is 70.2 Å². The van der Waals surface area contributed by atoms with E-state index in [1.165, 1.54) is 19.3 Å². The van der Waals surface area contributed by atoms with Crippen molar-refractivity contribution in [2.24, 2.45) is 10.9 Å². The van der Waals surface area contributed by atoms with Crippen LogP contribution in [-0.4, -0.2) is 36.7 Å². The van der Waals surface area contributed by atoms with E-state index in [2.05, 4.69) is 39.9 Å². The Morgan fingerprint density at radius 3 is 2.62 bits per heavy atom. The summed E-state index contributed by atoms with van der Waals surface area (Å²) in [5, 5.41) is 13.5. The molecule has 1 saturated carbocycles. The summed E-state index contributed by atoms with van der Waals surface area (Å²) in [6, 6.07) is 1.95. The van der Waals surface area contributed by atoms with Gasteiger partial charge in [-0.25, -0.2) is 4.99 Å². The van der Waals surface area contributed by atoms with E-state index < -0.39 is 0 Å². The van der Waals surface area contributed by atoms with Gasteiger partial charge >= 0.3 is 0 Å². The number of aromatic nitrogens is 1. The van der Waals surface area contributed by atoms with Gasteiger partial charge in [0.05, 0.1) is 5.69 Å². The van der Waals surface area contributed by atoms with Gasteiger partial charge in [-0.1, -0.05) is 38.3 Å². The van der Waals surface area contributed by atoms with Crippen LogP contribution in [0.15, 0.2) is 15.6 Å². The van der Waals surface area contributed by atoms with Crippen LogP contribution in [0, 0.1) is 5.92 Å². The molecule has 7 heteroatoms. The summed E-state index contributed by atoms with van der Waals surface area (Å²) in [5.41, 5.74) is 0.943. The molecule has 1 aliphatic carbocycles. The molecule has 1 aliphatic rings. The van der Waals surface area contributed by atoms with Gasteiger partial charge in [0.25, 0.3) is 0 Å². The second kappa shape index (κ2) is 10.8. The maximum atomic E-state index is 12.1. The molecule has 1 amide bonds. The first-order valence-corrected chi connectivity index (χ1v) is 9.85. The van der Waals surface area contributed by atoms with Crippen molar-refractivity contribution in [2.75, 3.05) is 19.6 Å². The Kier molecular flexibility index (Phi) is 8.44. The zero-order valence-corrected chi connectivity index (χ0v) is 16.3. The van der Waals surface area contributed by atoms with Gasteiger partial charge in [0, 0.05) is 31.6 Å². The average Bonchev–Trinajstić information content (AvgIpc) is 3.13. The van der Waals surface area contributed by atoms with Crippen LogP contribution < -0.4 is 16.0 Å². The van der Waals surface area contributed by atoms with E-state index in [-0.39, 0.29) is 11.8 Å². The summed E-state index contributed by atoms with van der Waals surface area (Å²) in [5.74, 6) is 2.19. The van der Waals surface area contributed by atoms with E-state index in [4.69, 9.17) is 4.52 Å². The Morgan fingerprint density at radius 2 is 1.96 bits per heavy atom. The molecule has 0 unspecified atom stereocenters. The lowest BCUT2D eigenvalue weighted by molar-refractivity contribution is -0.125. The molecule has 1 aromatic rings. The molecule has 0 spiro atoms. The van der Waals surface area contributed by atoms with Gasteiger partial charge in [-0.3, -0.25) is 4.79 Å². The number of guanidine groups is 1. The second-order valence-electron chi connectivity index (χ2n) is 7.12. The Hall–Kier alpha value is -2.05. The molecule has 0 radical (unpaired) electrons. The summed E-state index contributed by atoms with van der Waals surface area (Å²) in [4.78, 5) is 16.6. The normalized spacial score (nSPS) is 15.9. The summed E-state index contributed by atoms with van der Waals surface area (Å²) in [6.45, 7) is 8.62. The van der Waals surface area contributed by atoms with E-state index in [0.29, 0.717) is 31.5 Å². The summed E-state index contributed by atoms with van der Waals surface area (Å²) >= 11 is 0. The van der Waals surface area contributed by atoms with Gasteiger partial charge in [-0.15, -0.1) is 0 Å². The Bertz CT molecular complexity index is 576. The summed E-state index contributed by atoms with van der Waals surface area (Å²) in [7, 11) is 0. The van der Waals surface area contributed by atoms with Gasteiger partial charge in [0.15, 0.2) is 11.7 Å². The third-order valence-electron chi connectivity index (χ3n) is 4.60. The molecule has 1 aromatic heterocycles. The zero-order valence-electron chi connectivity index (χ0n) is 16.3. The molecular formula is C19H33N5O2. The number of hydrogen-bond acceptors (Lipinski definition) is 4. The van der Waals surface area contributed by atoms with Crippen molar-refractivity contribution >= 4 is 11.9 Å². The molecule has 26 heavy (non-hydrogen) atoms. The predicted octanol–water partition coefficient (Wildman–Crippen LogP) is 2.55. The number of hydrogen-bond donors (Lipinski definition) is 3. The Labute approximate surface area is 156 Å². The first kappa shape index (κ1) is 20.3. The third kappa shape index (κ3) is 6.69. The number of aliphatic imine (C=N–C) groups is 1. The van der Waals surface area contributed by atoms with Crippen molar-refractivity contribution in [1.29, 1.82) is 0 Å². The molecular weight excluding hydrogens is 330 g/mol. The Morgan fingerprint density at radius 1 is 1.23 bits per heavy atom. The standard InChI is InChI=1S/C19H33N5O2/c1-4-20-19(23-13-16-12-17(14(2)3)24-26-16)22-11-10-21-18(25)15-8-6-5-7-9-15/h12,14-15H,4-11,13H2,1-3H3,(H,21,25)(H2,20,22,23). The smallest absolute Gasteiger partial charge is 0.223 e. The van der Waals surface area contributed by atoms with Gasteiger partial charge in [0.1, 0.15) is 6.54 Å². The fourth-order valence-corrected chi connectivity index (χ4v) is 3.05. The zero-order chi connectivity index (χ0) is 18.8. The minimum absolute atomic E-state index is 0.191. The number of nitrogens with one attached hydrogen (secondary N) is 3. The van der Waals surface area contributed by atoms with Gasteiger partial charge in [-0.05, 0) is 25.7 Å². The quantitative estimate of drug-likeness (QED) is 0.375. The highest BCUT2D eigenvalue weighted by molar-refractivity contribution is 5.80. The highest BCUT2D eigenvalue weighted by Gasteiger charge is 2.20. The Balaban J connectivity index is 1.73. The first-order valence-electron chi connectivity index (χ1n) is 9.85. The fraction of sp³-hybridized carbons (Fsp3) is 0.737. The molecule has 0 aliphatic heterocycles. The van der Waals surface area contributed by atoms with E-state index in [9.17, 15) is 4.79 Å². The molecule has 146 valence electrons. The lowest BCUT2D eigenvalue weighted by atomic mass is 9.89. The summed E-state index contributed by atoms with van der Waals surface area (Å²) < 4.78 is 5.31. The molecule has 3 N–H and O–H groups in total. The van der Waals surface area contributed by atoms with Crippen LogP contribution in [0.5, 0.6) is 0 Å². The molecule has 0 aromatic carbocycles. The topological polar surface area (TPSA) is 91.6 Å². The third-order valence-corrected chi connectivity index (χ3v) is 4.60. The molecule has 7 nitrogen and oxygen atoms in total.